The zero-order valence-electron chi connectivity index (χ0n) is 9.58. The topological polar surface area (TPSA) is 42.0 Å². The van der Waals surface area contributed by atoms with Crippen molar-refractivity contribution < 1.29 is 9.18 Å². The van der Waals surface area contributed by atoms with E-state index in [4.69, 9.17) is 0 Å². The Bertz CT molecular complexity index is 601. The highest BCUT2D eigenvalue weighted by Gasteiger charge is 2.12. The molecule has 0 aliphatic rings. The normalized spacial score (nSPS) is 10.2. The van der Waals surface area contributed by atoms with E-state index in [0.29, 0.717) is 10.4 Å². The maximum Gasteiger partial charge on any atom is 0.259 e. The van der Waals surface area contributed by atoms with Gasteiger partial charge in [0.1, 0.15) is 16.2 Å². The van der Waals surface area contributed by atoms with Crippen molar-refractivity contribution in [1.82, 2.24) is 4.98 Å². The van der Waals surface area contributed by atoms with Gasteiger partial charge in [-0.05, 0) is 47.1 Å². The summed E-state index contributed by atoms with van der Waals surface area (Å²) < 4.78 is 14.1. The van der Waals surface area contributed by atoms with Gasteiger partial charge in [-0.25, -0.2) is 9.37 Å². The number of benzene rings is 1. The van der Waals surface area contributed by atoms with Crippen molar-refractivity contribution in [1.29, 1.82) is 0 Å². The molecule has 1 aromatic carbocycles. The van der Waals surface area contributed by atoms with E-state index in [2.05, 4.69) is 26.2 Å². The Balaban J connectivity index is 2.24. The van der Waals surface area contributed by atoms with E-state index in [1.165, 1.54) is 12.1 Å². The van der Waals surface area contributed by atoms with Gasteiger partial charge in [-0.3, -0.25) is 4.79 Å². The van der Waals surface area contributed by atoms with Gasteiger partial charge < -0.3 is 5.32 Å². The Morgan fingerprint density at radius 2 is 2.11 bits per heavy atom. The van der Waals surface area contributed by atoms with E-state index >= 15 is 0 Å². The van der Waals surface area contributed by atoms with Crippen LogP contribution in [0.25, 0.3) is 0 Å². The van der Waals surface area contributed by atoms with Gasteiger partial charge in [-0.1, -0.05) is 17.7 Å². The molecule has 0 radical (unpaired) electrons. The fraction of sp³-hybridized carbons (Fsp3) is 0.0769. The first-order valence-electron chi connectivity index (χ1n) is 5.26. The summed E-state index contributed by atoms with van der Waals surface area (Å²) in [5.41, 5.74) is 0.834. The van der Waals surface area contributed by atoms with Gasteiger partial charge in [0.15, 0.2) is 0 Å². The lowest BCUT2D eigenvalue weighted by Crippen LogP contribution is -2.14. The monoisotopic (exact) mass is 308 g/mol. The van der Waals surface area contributed by atoms with Crippen molar-refractivity contribution in [2.45, 2.75) is 6.92 Å². The summed E-state index contributed by atoms with van der Waals surface area (Å²) in [6.07, 6.45) is 0. The molecule has 3 nitrogen and oxygen atoms in total. The number of pyridine rings is 1. The first-order valence-corrected chi connectivity index (χ1v) is 6.05. The minimum atomic E-state index is -0.548. The standard InChI is InChI=1S/C13H10BrFN2O/c1-8-5-6-10(15)9(7-8)13(18)17-12-4-2-3-11(14)16-12/h2-7H,1H3,(H,16,17,18). The van der Waals surface area contributed by atoms with E-state index < -0.39 is 11.7 Å². The molecule has 0 fully saturated rings. The predicted octanol–water partition coefficient (Wildman–Crippen LogP) is 3.54. The molecule has 0 bridgehead atoms. The van der Waals surface area contributed by atoms with Crippen LogP contribution in [0.15, 0.2) is 41.0 Å². The van der Waals surface area contributed by atoms with Crippen LogP contribution in [0, 0.1) is 12.7 Å². The Labute approximate surface area is 112 Å². The summed E-state index contributed by atoms with van der Waals surface area (Å²) in [6, 6.07) is 9.50. The Hall–Kier alpha value is -1.75. The number of carbonyl (C=O) groups is 1. The minimum Gasteiger partial charge on any atom is -0.306 e. The van der Waals surface area contributed by atoms with Crippen molar-refractivity contribution in [3.8, 4) is 0 Å². The summed E-state index contributed by atoms with van der Waals surface area (Å²) in [5.74, 6) is -0.690. The zero-order chi connectivity index (χ0) is 13.1. The van der Waals surface area contributed by atoms with Gasteiger partial charge in [0.25, 0.3) is 5.91 Å². The number of halogens is 2. The molecule has 0 aliphatic carbocycles. The van der Waals surface area contributed by atoms with Gasteiger partial charge in [0, 0.05) is 0 Å². The highest BCUT2D eigenvalue weighted by atomic mass is 79.9. The third-order valence-electron chi connectivity index (χ3n) is 2.32. The number of aromatic nitrogens is 1. The third kappa shape index (κ3) is 2.92. The number of aryl methyl sites for hydroxylation is 1. The van der Waals surface area contributed by atoms with Crippen LogP contribution in [0.1, 0.15) is 15.9 Å². The van der Waals surface area contributed by atoms with Crippen molar-refractivity contribution in [2.24, 2.45) is 0 Å². The number of amides is 1. The molecule has 92 valence electrons. The fourth-order valence-electron chi connectivity index (χ4n) is 1.47. The first kappa shape index (κ1) is 12.7. The lowest BCUT2D eigenvalue weighted by molar-refractivity contribution is 0.102. The molecule has 0 atom stereocenters. The molecule has 18 heavy (non-hydrogen) atoms. The number of nitrogens with zero attached hydrogens (tertiary/aromatic N) is 1. The summed E-state index contributed by atoms with van der Waals surface area (Å²) in [7, 11) is 0. The van der Waals surface area contributed by atoms with Crippen LogP contribution in [0.3, 0.4) is 0 Å². The Morgan fingerprint density at radius 3 is 2.83 bits per heavy atom. The first-order chi connectivity index (χ1) is 8.56. The average Bonchev–Trinajstić information content (AvgIpc) is 2.32. The molecule has 1 aromatic heterocycles. The van der Waals surface area contributed by atoms with Crippen LogP contribution in [-0.4, -0.2) is 10.9 Å². The Morgan fingerprint density at radius 1 is 1.33 bits per heavy atom. The fourth-order valence-corrected chi connectivity index (χ4v) is 1.82. The van der Waals surface area contributed by atoms with Crippen molar-refractivity contribution in [3.05, 3.63) is 57.9 Å². The number of nitrogens with one attached hydrogen (secondary N) is 1. The molecule has 0 spiro atoms. The molecule has 2 aromatic rings. The van der Waals surface area contributed by atoms with Crippen molar-refractivity contribution in [3.63, 3.8) is 0 Å². The largest absolute Gasteiger partial charge is 0.306 e. The highest BCUT2D eigenvalue weighted by Crippen LogP contribution is 2.14. The third-order valence-corrected chi connectivity index (χ3v) is 2.76. The van der Waals surface area contributed by atoms with Crippen LogP contribution in [0.5, 0.6) is 0 Å². The van der Waals surface area contributed by atoms with E-state index in [1.54, 1.807) is 31.2 Å². The van der Waals surface area contributed by atoms with E-state index in [9.17, 15) is 9.18 Å². The zero-order valence-corrected chi connectivity index (χ0v) is 11.2. The minimum absolute atomic E-state index is 0.0109. The molecular formula is C13H10BrFN2O. The Kier molecular flexibility index (Phi) is 3.72. The maximum absolute atomic E-state index is 13.5. The second kappa shape index (κ2) is 5.27. The van der Waals surface area contributed by atoms with Crippen molar-refractivity contribution >= 4 is 27.7 Å². The van der Waals surface area contributed by atoms with Gasteiger partial charge >= 0.3 is 0 Å². The summed E-state index contributed by atoms with van der Waals surface area (Å²) in [6.45, 7) is 1.80. The molecule has 1 heterocycles. The molecule has 5 heteroatoms. The molecule has 0 saturated heterocycles. The summed E-state index contributed by atoms with van der Waals surface area (Å²) >= 11 is 3.20. The number of hydrogen-bond acceptors (Lipinski definition) is 2. The number of rotatable bonds is 2. The molecular weight excluding hydrogens is 299 g/mol. The molecule has 0 unspecified atom stereocenters. The van der Waals surface area contributed by atoms with Crippen LogP contribution >= 0.6 is 15.9 Å². The molecule has 1 N–H and O–H groups in total. The molecule has 2 rings (SSSR count). The molecule has 1 amide bonds. The average molecular weight is 309 g/mol. The van der Waals surface area contributed by atoms with Crippen LogP contribution < -0.4 is 5.32 Å². The van der Waals surface area contributed by atoms with Crippen LogP contribution in [0.4, 0.5) is 10.2 Å². The van der Waals surface area contributed by atoms with E-state index in [0.717, 1.165) is 5.56 Å². The smallest absolute Gasteiger partial charge is 0.259 e. The quantitative estimate of drug-likeness (QED) is 0.862. The van der Waals surface area contributed by atoms with Gasteiger partial charge in [-0.2, -0.15) is 0 Å². The van der Waals surface area contributed by atoms with Gasteiger partial charge in [0.05, 0.1) is 5.56 Å². The summed E-state index contributed by atoms with van der Waals surface area (Å²) in [5, 5.41) is 2.55. The second-order valence-corrected chi connectivity index (χ2v) is 4.60. The second-order valence-electron chi connectivity index (χ2n) is 3.78. The van der Waals surface area contributed by atoms with Crippen LogP contribution in [0.2, 0.25) is 0 Å². The molecule has 0 aliphatic heterocycles. The highest BCUT2D eigenvalue weighted by molar-refractivity contribution is 9.10. The SMILES string of the molecule is Cc1ccc(F)c(C(=O)Nc2cccc(Br)n2)c1. The van der Waals surface area contributed by atoms with Crippen LogP contribution in [-0.2, 0) is 0 Å². The van der Waals surface area contributed by atoms with Gasteiger partial charge in [0.2, 0.25) is 0 Å². The molecule has 0 saturated carbocycles. The van der Waals surface area contributed by atoms with Crippen molar-refractivity contribution in [2.75, 3.05) is 5.32 Å². The lowest BCUT2D eigenvalue weighted by Gasteiger charge is -2.06. The lowest BCUT2D eigenvalue weighted by atomic mass is 10.1. The number of hydrogen-bond donors (Lipinski definition) is 1. The van der Waals surface area contributed by atoms with E-state index in [-0.39, 0.29) is 5.56 Å². The number of carbonyl (C=O) groups excluding carboxylic acids is 1. The van der Waals surface area contributed by atoms with Gasteiger partial charge in [-0.15, -0.1) is 0 Å². The maximum atomic E-state index is 13.5. The predicted molar refractivity (Wildman–Crippen MR) is 71.0 cm³/mol. The number of anilines is 1. The summed E-state index contributed by atoms with van der Waals surface area (Å²) in [4.78, 5) is 15.9. The van der Waals surface area contributed by atoms with E-state index in [1.807, 2.05) is 0 Å².